The molecule has 9 aromatic rings. The van der Waals surface area contributed by atoms with E-state index in [4.69, 9.17) is 15.0 Å². The summed E-state index contributed by atoms with van der Waals surface area (Å²) in [5.74, 6) is 2.04. The van der Waals surface area contributed by atoms with Crippen LogP contribution in [0.2, 0.25) is 0 Å². The zero-order valence-corrected chi connectivity index (χ0v) is 25.9. The van der Waals surface area contributed by atoms with Crippen LogP contribution in [0.25, 0.3) is 86.1 Å². The molecule has 0 radical (unpaired) electrons. The molecule has 0 aliphatic carbocycles. The summed E-state index contributed by atoms with van der Waals surface area (Å²) in [6, 6.07) is 53.5. The number of fused-ring (bicyclic) bond motifs is 7. The average Bonchev–Trinajstić information content (AvgIpc) is 3.51. The van der Waals surface area contributed by atoms with Crippen molar-refractivity contribution in [3.05, 3.63) is 152 Å². The van der Waals surface area contributed by atoms with E-state index in [1.807, 2.05) is 24.3 Å². The van der Waals surface area contributed by atoms with Crippen molar-refractivity contribution in [1.29, 1.82) is 0 Å². The van der Waals surface area contributed by atoms with Crippen LogP contribution in [-0.4, -0.2) is 29.5 Å². The number of rotatable bonds is 4. The minimum absolute atomic E-state index is 0.159. The van der Waals surface area contributed by atoms with Gasteiger partial charge in [-0.05, 0) is 0 Å². The molecule has 210 valence electrons. The third-order valence-electron chi connectivity index (χ3n) is 8.51. The fourth-order valence-corrected chi connectivity index (χ4v) is 9.09. The zero-order chi connectivity index (χ0) is 29.7. The van der Waals surface area contributed by atoms with Gasteiger partial charge in [0.2, 0.25) is 0 Å². The van der Waals surface area contributed by atoms with Crippen LogP contribution in [0.1, 0.15) is 0 Å². The molecule has 0 bridgehead atoms. The van der Waals surface area contributed by atoms with Gasteiger partial charge in [0.05, 0.1) is 0 Å². The summed E-state index contributed by atoms with van der Waals surface area (Å²) in [6.07, 6.45) is 0. The second-order valence-electron chi connectivity index (χ2n) is 11.2. The Labute approximate surface area is 266 Å². The van der Waals surface area contributed by atoms with Gasteiger partial charge in [0.1, 0.15) is 0 Å². The van der Waals surface area contributed by atoms with Crippen LogP contribution in [0, 0.1) is 0 Å². The molecule has 0 aliphatic rings. The molecule has 4 heteroatoms. The number of nitrogens with zero attached hydrogens (tertiary/aromatic N) is 3. The van der Waals surface area contributed by atoms with Crippen molar-refractivity contribution in [3.63, 3.8) is 0 Å². The normalized spacial score (nSPS) is 11.6. The Morgan fingerprint density at radius 3 is 1.84 bits per heavy atom. The molecule has 0 amide bonds. The van der Waals surface area contributed by atoms with E-state index in [1.54, 1.807) is 0 Å². The summed E-state index contributed by atoms with van der Waals surface area (Å²) < 4.78 is 2.80. The van der Waals surface area contributed by atoms with Gasteiger partial charge < -0.3 is 0 Å². The molecule has 0 N–H and O–H groups in total. The molecule has 2 aromatic heterocycles. The minimum atomic E-state index is 0.159. The third kappa shape index (κ3) is 4.46. The first-order chi connectivity index (χ1) is 22.3. The molecule has 0 saturated carbocycles. The second kappa shape index (κ2) is 10.6. The van der Waals surface area contributed by atoms with E-state index in [1.165, 1.54) is 40.8 Å². The summed E-state index contributed by atoms with van der Waals surface area (Å²) >= 11 is 0.159. The Bertz CT molecular complexity index is 2540. The van der Waals surface area contributed by atoms with E-state index in [0.29, 0.717) is 17.5 Å². The maximum atomic E-state index is 5.18. The van der Waals surface area contributed by atoms with Gasteiger partial charge in [0.25, 0.3) is 0 Å². The van der Waals surface area contributed by atoms with Crippen LogP contribution in [0.5, 0.6) is 0 Å². The number of aromatic nitrogens is 3. The van der Waals surface area contributed by atoms with E-state index < -0.39 is 0 Å². The van der Waals surface area contributed by atoms with Crippen molar-refractivity contribution < 1.29 is 0 Å². The van der Waals surface area contributed by atoms with Crippen LogP contribution < -0.4 is 0 Å². The van der Waals surface area contributed by atoms with Gasteiger partial charge in [-0.2, -0.15) is 0 Å². The van der Waals surface area contributed by atoms with Gasteiger partial charge in [0, 0.05) is 0 Å². The molecule has 7 aromatic carbocycles. The molecular formula is C41H25N3Se. The van der Waals surface area contributed by atoms with Crippen molar-refractivity contribution in [2.75, 3.05) is 0 Å². The number of benzene rings is 7. The fraction of sp³-hybridized carbons (Fsp3) is 0. The molecule has 45 heavy (non-hydrogen) atoms. The van der Waals surface area contributed by atoms with Crippen molar-refractivity contribution in [1.82, 2.24) is 15.0 Å². The Balaban J connectivity index is 1.30. The molecule has 2 heterocycles. The first-order valence-corrected chi connectivity index (χ1v) is 16.7. The fourth-order valence-electron chi connectivity index (χ4n) is 6.37. The molecule has 0 spiro atoms. The summed E-state index contributed by atoms with van der Waals surface area (Å²) in [6.45, 7) is 0. The molecule has 0 fully saturated rings. The topological polar surface area (TPSA) is 38.7 Å². The van der Waals surface area contributed by atoms with E-state index in [9.17, 15) is 0 Å². The molecular weight excluding hydrogens is 613 g/mol. The summed E-state index contributed by atoms with van der Waals surface area (Å²) in [5, 5.41) is 7.78. The second-order valence-corrected chi connectivity index (χ2v) is 13.4. The Morgan fingerprint density at radius 2 is 1.00 bits per heavy atom. The van der Waals surface area contributed by atoms with Crippen molar-refractivity contribution in [2.45, 2.75) is 0 Å². The predicted molar refractivity (Wildman–Crippen MR) is 189 cm³/mol. The van der Waals surface area contributed by atoms with Crippen LogP contribution in [-0.2, 0) is 0 Å². The molecule has 3 nitrogen and oxygen atoms in total. The average molecular weight is 639 g/mol. The van der Waals surface area contributed by atoms with Gasteiger partial charge in [-0.15, -0.1) is 0 Å². The first-order valence-electron chi connectivity index (χ1n) is 15.0. The van der Waals surface area contributed by atoms with Gasteiger partial charge >= 0.3 is 261 Å². The molecule has 9 rings (SSSR count). The summed E-state index contributed by atoms with van der Waals surface area (Å²) in [5.41, 5.74) is 5.28. The zero-order valence-electron chi connectivity index (χ0n) is 24.2. The molecule has 0 unspecified atom stereocenters. The molecule has 0 saturated heterocycles. The molecule has 0 aliphatic heterocycles. The standard InChI is InChI=1S/C41H25N3Se/c1-3-11-26(12-4-1)30-16-9-17-31(25-30)40-42-39(29-14-5-2-6-15-29)43-41(44-40)34-19-10-20-35-37(34)33-24-23-28-22-21-27-13-7-8-18-32(27)36(28)38(33)45-35/h1-25H. The van der Waals surface area contributed by atoms with Crippen molar-refractivity contribution in [2.24, 2.45) is 0 Å². The summed E-state index contributed by atoms with van der Waals surface area (Å²) in [7, 11) is 0. The van der Waals surface area contributed by atoms with Crippen molar-refractivity contribution in [3.8, 4) is 45.3 Å². The monoisotopic (exact) mass is 639 g/mol. The van der Waals surface area contributed by atoms with E-state index in [0.717, 1.165) is 27.8 Å². The Hall–Kier alpha value is -5.41. The van der Waals surface area contributed by atoms with Gasteiger partial charge in [0.15, 0.2) is 0 Å². The molecule has 0 atom stereocenters. The summed E-state index contributed by atoms with van der Waals surface area (Å²) in [4.78, 5) is 15.3. The Morgan fingerprint density at radius 1 is 0.378 bits per heavy atom. The van der Waals surface area contributed by atoms with E-state index >= 15 is 0 Å². The van der Waals surface area contributed by atoms with Crippen LogP contribution in [0.4, 0.5) is 0 Å². The van der Waals surface area contributed by atoms with Crippen LogP contribution in [0.3, 0.4) is 0 Å². The van der Waals surface area contributed by atoms with Crippen molar-refractivity contribution >= 4 is 55.3 Å². The SMILES string of the molecule is c1ccc(-c2cccc(-c3nc(-c4ccccc4)nc(-c4cccc5[se]c6c(ccc7ccc8ccccc8c76)c45)n3)c2)cc1. The van der Waals surface area contributed by atoms with E-state index in [2.05, 4.69) is 127 Å². The maximum absolute atomic E-state index is 5.18. The quantitative estimate of drug-likeness (QED) is 0.142. The number of hydrogen-bond donors (Lipinski definition) is 0. The third-order valence-corrected chi connectivity index (χ3v) is 11.0. The van der Waals surface area contributed by atoms with Crippen LogP contribution >= 0.6 is 0 Å². The predicted octanol–water partition coefficient (Wildman–Crippen LogP) is 10.2. The van der Waals surface area contributed by atoms with E-state index in [-0.39, 0.29) is 14.5 Å². The van der Waals surface area contributed by atoms with Gasteiger partial charge in [-0.3, -0.25) is 0 Å². The van der Waals surface area contributed by atoms with Gasteiger partial charge in [-0.1, -0.05) is 6.07 Å². The first kappa shape index (κ1) is 26.0. The van der Waals surface area contributed by atoms with Crippen LogP contribution in [0.15, 0.2) is 152 Å². The number of hydrogen-bond acceptors (Lipinski definition) is 3. The Kier molecular flexibility index (Phi) is 6.15. The van der Waals surface area contributed by atoms with Gasteiger partial charge in [-0.25, -0.2) is 0 Å².